The molecule has 5 nitrogen and oxygen atoms in total. The predicted octanol–water partition coefficient (Wildman–Crippen LogP) is 1.92. The molecule has 0 aliphatic rings. The van der Waals surface area contributed by atoms with Crippen molar-refractivity contribution < 1.29 is 12.8 Å². The number of nitrogens with one attached hydrogen (secondary N) is 1. The molecule has 3 N–H and O–H groups in total. The molecule has 0 spiro atoms. The van der Waals surface area contributed by atoms with E-state index in [1.807, 2.05) is 5.38 Å². The van der Waals surface area contributed by atoms with E-state index in [1.54, 1.807) is 5.51 Å². The van der Waals surface area contributed by atoms with E-state index in [9.17, 15) is 12.8 Å². The van der Waals surface area contributed by atoms with Gasteiger partial charge in [-0.1, -0.05) is 11.6 Å². The molecule has 1 heterocycles. The van der Waals surface area contributed by atoms with Gasteiger partial charge in [-0.05, 0) is 17.7 Å². The highest BCUT2D eigenvalue weighted by Crippen LogP contribution is 2.24. The smallest absolute Gasteiger partial charge is 0.240 e. The van der Waals surface area contributed by atoms with Gasteiger partial charge in [-0.3, -0.25) is 0 Å². The summed E-state index contributed by atoms with van der Waals surface area (Å²) in [6, 6.07) is 2.16. The van der Waals surface area contributed by atoms with E-state index in [-0.39, 0.29) is 28.6 Å². The quantitative estimate of drug-likeness (QED) is 0.834. The lowest BCUT2D eigenvalue weighted by Crippen LogP contribution is -2.26. The van der Waals surface area contributed by atoms with Gasteiger partial charge in [-0.15, -0.1) is 11.3 Å². The molecular weight excluding hydrogens is 337 g/mol. The molecule has 0 radical (unpaired) electrons. The molecule has 21 heavy (non-hydrogen) atoms. The average Bonchev–Trinajstić information content (AvgIpc) is 2.94. The van der Waals surface area contributed by atoms with Crippen LogP contribution in [-0.4, -0.2) is 19.9 Å². The number of thiazole rings is 1. The summed E-state index contributed by atoms with van der Waals surface area (Å²) in [4.78, 5) is 3.86. The molecule has 1 aromatic carbocycles. The van der Waals surface area contributed by atoms with Crippen molar-refractivity contribution in [3.8, 4) is 0 Å². The fraction of sp³-hybridized carbons (Fsp3) is 0.250. The minimum Gasteiger partial charge on any atom is -0.326 e. The number of rotatable bonds is 6. The Morgan fingerprint density at radius 1 is 1.43 bits per heavy atom. The van der Waals surface area contributed by atoms with Gasteiger partial charge >= 0.3 is 0 Å². The van der Waals surface area contributed by atoms with E-state index < -0.39 is 15.8 Å². The van der Waals surface area contributed by atoms with Crippen LogP contribution in [0.5, 0.6) is 0 Å². The maximum Gasteiger partial charge on any atom is 0.240 e. The Morgan fingerprint density at radius 3 is 2.81 bits per heavy atom. The number of aromatic nitrogens is 1. The third kappa shape index (κ3) is 3.98. The summed E-state index contributed by atoms with van der Waals surface area (Å²) in [7, 11) is -3.81. The van der Waals surface area contributed by atoms with E-state index in [0.717, 1.165) is 11.8 Å². The third-order valence-electron chi connectivity index (χ3n) is 2.76. The fourth-order valence-corrected chi connectivity index (χ4v) is 3.55. The van der Waals surface area contributed by atoms with Crippen LogP contribution in [0.4, 0.5) is 4.39 Å². The highest BCUT2D eigenvalue weighted by Gasteiger charge is 2.18. The number of hydrogen-bond acceptors (Lipinski definition) is 5. The van der Waals surface area contributed by atoms with Crippen molar-refractivity contribution in [2.75, 3.05) is 6.54 Å². The van der Waals surface area contributed by atoms with Crippen molar-refractivity contribution in [1.29, 1.82) is 0 Å². The zero-order valence-electron chi connectivity index (χ0n) is 10.8. The molecule has 0 amide bonds. The second kappa shape index (κ2) is 6.80. The third-order valence-corrected chi connectivity index (χ3v) is 5.26. The molecule has 0 bridgehead atoms. The fourth-order valence-electron chi connectivity index (χ4n) is 1.68. The first-order chi connectivity index (χ1) is 9.94. The molecule has 2 aromatic rings. The lowest BCUT2D eigenvalue weighted by atomic mass is 10.2. The molecule has 0 unspecified atom stereocenters. The lowest BCUT2D eigenvalue weighted by Gasteiger charge is -2.09. The van der Waals surface area contributed by atoms with Gasteiger partial charge in [0.05, 0.1) is 21.1 Å². The van der Waals surface area contributed by atoms with Crippen molar-refractivity contribution >= 4 is 33.0 Å². The van der Waals surface area contributed by atoms with Crippen LogP contribution in [0, 0.1) is 5.82 Å². The van der Waals surface area contributed by atoms with Gasteiger partial charge < -0.3 is 5.73 Å². The van der Waals surface area contributed by atoms with Crippen LogP contribution in [-0.2, 0) is 23.0 Å². The second-order valence-corrected chi connectivity index (χ2v) is 7.07. The standard InChI is InChI=1S/C12H13ClFN3O2S2/c13-12-8(5-15)3-10(4-11(12)14)21(18,19)17-2-1-9-6-20-7-16-9/h3-4,6-7,17H,1-2,5,15H2. The van der Waals surface area contributed by atoms with E-state index in [1.165, 1.54) is 17.4 Å². The Hall–Kier alpha value is -1.06. The van der Waals surface area contributed by atoms with Gasteiger partial charge in [0.15, 0.2) is 0 Å². The summed E-state index contributed by atoms with van der Waals surface area (Å²) in [5.74, 6) is -0.806. The minimum atomic E-state index is -3.81. The molecule has 114 valence electrons. The highest BCUT2D eigenvalue weighted by atomic mass is 35.5. The number of sulfonamides is 1. The Morgan fingerprint density at radius 2 is 2.19 bits per heavy atom. The Balaban J connectivity index is 2.13. The van der Waals surface area contributed by atoms with Crippen LogP contribution < -0.4 is 10.5 Å². The maximum absolute atomic E-state index is 13.6. The summed E-state index contributed by atoms with van der Waals surface area (Å²) in [6.07, 6.45) is 0.461. The topological polar surface area (TPSA) is 85.1 Å². The Bertz CT molecular complexity index is 720. The van der Waals surface area contributed by atoms with E-state index in [4.69, 9.17) is 17.3 Å². The molecule has 0 aliphatic heterocycles. The molecule has 0 aliphatic carbocycles. The molecule has 9 heteroatoms. The molecular formula is C12H13ClFN3O2S2. The van der Waals surface area contributed by atoms with Crippen molar-refractivity contribution in [2.45, 2.75) is 17.9 Å². The van der Waals surface area contributed by atoms with Crippen molar-refractivity contribution in [3.05, 3.63) is 45.1 Å². The van der Waals surface area contributed by atoms with Gasteiger partial charge in [-0.2, -0.15) is 0 Å². The van der Waals surface area contributed by atoms with Gasteiger partial charge in [0.1, 0.15) is 5.82 Å². The Labute approximate surface area is 131 Å². The van der Waals surface area contributed by atoms with Crippen molar-refractivity contribution in [3.63, 3.8) is 0 Å². The first-order valence-electron chi connectivity index (χ1n) is 5.99. The summed E-state index contributed by atoms with van der Waals surface area (Å²) in [5, 5.41) is 1.68. The normalized spacial score (nSPS) is 11.8. The summed E-state index contributed by atoms with van der Waals surface area (Å²) < 4.78 is 40.2. The van der Waals surface area contributed by atoms with Gasteiger partial charge in [0.25, 0.3) is 0 Å². The average molecular weight is 350 g/mol. The van der Waals surface area contributed by atoms with Crippen LogP contribution in [0.3, 0.4) is 0 Å². The number of nitrogens with zero attached hydrogens (tertiary/aromatic N) is 1. The van der Waals surface area contributed by atoms with Gasteiger partial charge in [-0.25, -0.2) is 22.5 Å². The second-order valence-electron chi connectivity index (χ2n) is 4.21. The summed E-state index contributed by atoms with van der Waals surface area (Å²) in [6.45, 7) is 0.131. The monoisotopic (exact) mass is 349 g/mol. The zero-order valence-corrected chi connectivity index (χ0v) is 13.2. The summed E-state index contributed by atoms with van der Waals surface area (Å²) in [5.41, 5.74) is 8.14. The number of benzene rings is 1. The van der Waals surface area contributed by atoms with Crippen LogP contribution in [0.1, 0.15) is 11.3 Å². The highest BCUT2D eigenvalue weighted by molar-refractivity contribution is 7.89. The summed E-state index contributed by atoms with van der Waals surface area (Å²) >= 11 is 7.15. The first kappa shape index (κ1) is 16.3. The van der Waals surface area contributed by atoms with E-state index >= 15 is 0 Å². The first-order valence-corrected chi connectivity index (χ1v) is 8.79. The number of nitrogens with two attached hydrogens (primary N) is 1. The van der Waals surface area contributed by atoms with Crippen LogP contribution >= 0.6 is 22.9 Å². The molecule has 0 saturated heterocycles. The minimum absolute atomic E-state index is 0.0437. The van der Waals surface area contributed by atoms with Crippen molar-refractivity contribution in [2.24, 2.45) is 5.73 Å². The maximum atomic E-state index is 13.6. The predicted molar refractivity (Wildman–Crippen MR) is 80.3 cm³/mol. The van der Waals surface area contributed by atoms with Crippen molar-refractivity contribution in [1.82, 2.24) is 9.71 Å². The molecule has 0 saturated carbocycles. The van der Waals surface area contributed by atoms with Gasteiger partial charge in [0, 0.05) is 24.9 Å². The van der Waals surface area contributed by atoms with Crippen LogP contribution in [0.25, 0.3) is 0 Å². The lowest BCUT2D eigenvalue weighted by molar-refractivity contribution is 0.577. The molecule has 1 aromatic heterocycles. The van der Waals surface area contributed by atoms with Crippen LogP contribution in [0.15, 0.2) is 27.9 Å². The van der Waals surface area contributed by atoms with E-state index in [2.05, 4.69) is 9.71 Å². The molecule has 2 rings (SSSR count). The largest absolute Gasteiger partial charge is 0.326 e. The number of halogens is 2. The SMILES string of the molecule is NCc1cc(S(=O)(=O)NCCc2cscn2)cc(F)c1Cl. The van der Waals surface area contributed by atoms with Gasteiger partial charge in [0.2, 0.25) is 10.0 Å². The van der Waals surface area contributed by atoms with Crippen LogP contribution in [0.2, 0.25) is 5.02 Å². The zero-order chi connectivity index (χ0) is 15.5. The Kier molecular flexibility index (Phi) is 5.28. The molecule has 0 atom stereocenters. The van der Waals surface area contributed by atoms with E-state index in [0.29, 0.717) is 6.42 Å². The number of hydrogen-bond donors (Lipinski definition) is 2. The molecule has 0 fully saturated rings.